The van der Waals surface area contributed by atoms with Crippen LogP contribution in [0.25, 0.3) is 0 Å². The standard InChI is InChI=1S/C10H23N3O2S/c1-10(2,3)13-8-9(5-6-11)7-12(4)16(13,14)15/h9H,5-8,11H2,1-4H3. The van der Waals surface area contributed by atoms with Crippen LogP contribution in [0.4, 0.5) is 0 Å². The van der Waals surface area contributed by atoms with E-state index in [1.54, 1.807) is 11.4 Å². The summed E-state index contributed by atoms with van der Waals surface area (Å²) >= 11 is 0. The minimum absolute atomic E-state index is 0.331. The summed E-state index contributed by atoms with van der Waals surface area (Å²) < 4.78 is 27.3. The number of rotatable bonds is 2. The summed E-state index contributed by atoms with van der Waals surface area (Å²) in [5.41, 5.74) is 5.17. The summed E-state index contributed by atoms with van der Waals surface area (Å²) in [7, 11) is -1.65. The van der Waals surface area contributed by atoms with Crippen molar-refractivity contribution in [2.75, 3.05) is 26.7 Å². The fourth-order valence-electron chi connectivity index (χ4n) is 2.05. The normalized spacial score (nSPS) is 28.2. The molecule has 0 spiro atoms. The second-order valence-corrected chi connectivity index (χ2v) is 7.39. The van der Waals surface area contributed by atoms with Gasteiger partial charge in [-0.3, -0.25) is 0 Å². The lowest BCUT2D eigenvalue weighted by atomic mass is 10.0. The first-order valence-electron chi connectivity index (χ1n) is 5.63. The van der Waals surface area contributed by atoms with Crippen LogP contribution in [0.2, 0.25) is 0 Å². The quantitative estimate of drug-likeness (QED) is 0.762. The van der Waals surface area contributed by atoms with Crippen molar-refractivity contribution in [3.8, 4) is 0 Å². The smallest absolute Gasteiger partial charge is 0.282 e. The van der Waals surface area contributed by atoms with Gasteiger partial charge in [0, 0.05) is 25.7 Å². The molecule has 0 aromatic rings. The molecule has 1 saturated heterocycles. The van der Waals surface area contributed by atoms with Gasteiger partial charge in [0.2, 0.25) is 0 Å². The Balaban J connectivity index is 2.94. The van der Waals surface area contributed by atoms with E-state index in [0.717, 1.165) is 6.42 Å². The van der Waals surface area contributed by atoms with Crippen LogP contribution in [0, 0.1) is 5.92 Å². The summed E-state index contributed by atoms with van der Waals surface area (Å²) in [6.07, 6.45) is 0.867. The van der Waals surface area contributed by atoms with Crippen molar-refractivity contribution < 1.29 is 8.42 Å². The highest BCUT2D eigenvalue weighted by Crippen LogP contribution is 2.27. The molecule has 2 N–H and O–H groups in total. The highest BCUT2D eigenvalue weighted by Gasteiger charge is 2.41. The SMILES string of the molecule is CN1CC(CCN)CN(C(C)(C)C)S1(=O)=O. The fraction of sp³-hybridized carbons (Fsp3) is 1.00. The Hall–Kier alpha value is -0.170. The van der Waals surface area contributed by atoms with Gasteiger partial charge < -0.3 is 5.73 Å². The summed E-state index contributed by atoms with van der Waals surface area (Å²) in [6, 6.07) is 0. The van der Waals surface area contributed by atoms with Gasteiger partial charge in [-0.2, -0.15) is 17.0 Å². The molecular weight excluding hydrogens is 226 g/mol. The van der Waals surface area contributed by atoms with Crippen LogP contribution in [0.3, 0.4) is 0 Å². The van der Waals surface area contributed by atoms with Crippen molar-refractivity contribution in [1.82, 2.24) is 8.61 Å². The molecule has 0 radical (unpaired) electrons. The first-order valence-corrected chi connectivity index (χ1v) is 7.03. The molecule has 5 nitrogen and oxygen atoms in total. The Kier molecular flexibility index (Phi) is 3.99. The molecule has 16 heavy (non-hydrogen) atoms. The predicted octanol–water partition coefficient (Wildman–Crippen LogP) is 0.242. The third kappa shape index (κ3) is 2.74. The van der Waals surface area contributed by atoms with Gasteiger partial charge in [0.1, 0.15) is 0 Å². The second-order valence-electron chi connectivity index (χ2n) is 5.43. The van der Waals surface area contributed by atoms with Gasteiger partial charge in [0.25, 0.3) is 10.2 Å². The molecule has 1 aliphatic rings. The van der Waals surface area contributed by atoms with Crippen molar-refractivity contribution in [3.63, 3.8) is 0 Å². The molecule has 1 atom stereocenters. The number of hydrogen-bond donors (Lipinski definition) is 1. The van der Waals surface area contributed by atoms with Crippen LogP contribution in [0.5, 0.6) is 0 Å². The molecule has 0 aromatic heterocycles. The molecule has 1 unspecified atom stereocenters. The number of hydrogen-bond acceptors (Lipinski definition) is 3. The van der Waals surface area contributed by atoms with E-state index in [1.807, 2.05) is 20.8 Å². The van der Waals surface area contributed by atoms with Gasteiger partial charge in [0.15, 0.2) is 0 Å². The van der Waals surface area contributed by atoms with Crippen LogP contribution in [0.15, 0.2) is 0 Å². The van der Waals surface area contributed by atoms with E-state index in [2.05, 4.69) is 0 Å². The van der Waals surface area contributed by atoms with Crippen molar-refractivity contribution in [2.45, 2.75) is 32.7 Å². The maximum atomic E-state index is 12.1. The van der Waals surface area contributed by atoms with E-state index in [-0.39, 0.29) is 5.54 Å². The lowest BCUT2D eigenvalue weighted by Gasteiger charge is -2.43. The molecule has 0 bridgehead atoms. The lowest BCUT2D eigenvalue weighted by molar-refractivity contribution is 0.160. The van der Waals surface area contributed by atoms with E-state index in [1.165, 1.54) is 4.31 Å². The van der Waals surface area contributed by atoms with E-state index in [9.17, 15) is 8.42 Å². The van der Waals surface area contributed by atoms with E-state index in [0.29, 0.717) is 25.6 Å². The van der Waals surface area contributed by atoms with E-state index < -0.39 is 10.2 Å². The highest BCUT2D eigenvalue weighted by molar-refractivity contribution is 7.86. The monoisotopic (exact) mass is 249 g/mol. The predicted molar refractivity (Wildman–Crippen MR) is 65.2 cm³/mol. The molecule has 0 saturated carbocycles. The Labute approximate surface area is 98.8 Å². The van der Waals surface area contributed by atoms with Crippen LogP contribution in [0.1, 0.15) is 27.2 Å². The van der Waals surface area contributed by atoms with Crippen LogP contribution in [-0.4, -0.2) is 49.2 Å². The summed E-state index contributed by atoms with van der Waals surface area (Å²) in [5.74, 6) is 0.331. The van der Waals surface area contributed by atoms with Gasteiger partial charge in [0.05, 0.1) is 0 Å². The van der Waals surface area contributed by atoms with Crippen molar-refractivity contribution >= 4 is 10.2 Å². The third-order valence-corrected chi connectivity index (χ3v) is 5.13. The molecule has 1 aliphatic heterocycles. The van der Waals surface area contributed by atoms with Gasteiger partial charge >= 0.3 is 0 Å². The number of nitrogens with two attached hydrogens (primary N) is 1. The average molecular weight is 249 g/mol. The molecule has 6 heteroatoms. The van der Waals surface area contributed by atoms with E-state index in [4.69, 9.17) is 5.73 Å². The molecule has 96 valence electrons. The molecule has 0 aliphatic carbocycles. The van der Waals surface area contributed by atoms with Crippen molar-refractivity contribution in [2.24, 2.45) is 11.7 Å². The zero-order chi connectivity index (χ0) is 12.6. The van der Waals surface area contributed by atoms with E-state index >= 15 is 0 Å². The van der Waals surface area contributed by atoms with Crippen molar-refractivity contribution in [3.05, 3.63) is 0 Å². The molecule has 1 fully saturated rings. The lowest BCUT2D eigenvalue weighted by Crippen LogP contribution is -2.58. The van der Waals surface area contributed by atoms with Gasteiger partial charge in [-0.05, 0) is 39.7 Å². The van der Waals surface area contributed by atoms with Gasteiger partial charge in [-0.15, -0.1) is 0 Å². The maximum absolute atomic E-state index is 12.1. The fourth-order valence-corrected chi connectivity index (χ4v) is 3.88. The topological polar surface area (TPSA) is 66.6 Å². The zero-order valence-corrected chi connectivity index (χ0v) is 11.4. The Morgan fingerprint density at radius 3 is 2.31 bits per heavy atom. The molecule has 1 heterocycles. The van der Waals surface area contributed by atoms with Crippen LogP contribution < -0.4 is 5.73 Å². The first-order chi connectivity index (χ1) is 7.19. The molecular formula is C10H23N3O2S. The Morgan fingerprint density at radius 1 is 1.31 bits per heavy atom. The van der Waals surface area contributed by atoms with Crippen LogP contribution in [-0.2, 0) is 10.2 Å². The van der Waals surface area contributed by atoms with Gasteiger partial charge in [-0.25, -0.2) is 0 Å². The molecule has 1 rings (SSSR count). The van der Waals surface area contributed by atoms with Gasteiger partial charge in [-0.1, -0.05) is 0 Å². The summed E-state index contributed by atoms with van der Waals surface area (Å²) in [6.45, 7) is 7.52. The minimum Gasteiger partial charge on any atom is -0.330 e. The number of nitrogens with zero attached hydrogens (tertiary/aromatic N) is 2. The summed E-state index contributed by atoms with van der Waals surface area (Å²) in [5, 5.41) is 0. The molecule has 0 amide bonds. The van der Waals surface area contributed by atoms with Crippen LogP contribution >= 0.6 is 0 Å². The maximum Gasteiger partial charge on any atom is 0.282 e. The van der Waals surface area contributed by atoms with Crippen molar-refractivity contribution in [1.29, 1.82) is 0 Å². The second kappa shape index (κ2) is 4.60. The third-order valence-electron chi connectivity index (χ3n) is 2.93. The molecule has 0 aromatic carbocycles. The highest BCUT2D eigenvalue weighted by atomic mass is 32.2. The largest absolute Gasteiger partial charge is 0.330 e. The minimum atomic E-state index is -3.29. The average Bonchev–Trinajstić information content (AvgIpc) is 2.09. The first kappa shape index (κ1) is 13.9. The summed E-state index contributed by atoms with van der Waals surface area (Å²) in [4.78, 5) is 0. The Morgan fingerprint density at radius 2 is 1.88 bits per heavy atom. The zero-order valence-electron chi connectivity index (χ0n) is 10.6. The Bertz CT molecular complexity index is 334.